The van der Waals surface area contributed by atoms with Crippen molar-refractivity contribution in [1.29, 1.82) is 0 Å². The van der Waals surface area contributed by atoms with Crippen molar-refractivity contribution in [2.45, 2.75) is 0 Å². The van der Waals surface area contributed by atoms with Crippen LogP contribution in [0.5, 0.6) is 0 Å². The van der Waals surface area contributed by atoms with Gasteiger partial charge in [-0.15, -0.1) is 11.3 Å². The molecule has 0 radical (unpaired) electrons. The highest BCUT2D eigenvalue weighted by Gasteiger charge is 2.16. The summed E-state index contributed by atoms with van der Waals surface area (Å²) in [5, 5.41) is 0.940. The van der Waals surface area contributed by atoms with E-state index in [1.807, 2.05) is 53.7 Å². The number of benzene rings is 1. The Balaban J connectivity index is 1.87. The number of aromatic nitrogens is 3. The van der Waals surface area contributed by atoms with E-state index in [0.717, 1.165) is 25.4 Å². The quantitative estimate of drug-likeness (QED) is 0.455. The van der Waals surface area contributed by atoms with Crippen LogP contribution in [0.2, 0.25) is 0 Å². The zero-order chi connectivity index (χ0) is 19.8. The third-order valence-corrected chi connectivity index (χ3v) is 6.74. The van der Waals surface area contributed by atoms with E-state index in [-0.39, 0.29) is 11.4 Å². The number of aryl methyl sites for hydroxylation is 2. The summed E-state index contributed by atoms with van der Waals surface area (Å²) >= 11 is 2.94. The van der Waals surface area contributed by atoms with Crippen molar-refractivity contribution >= 4 is 45.2 Å². The molecule has 0 saturated carbocycles. The van der Waals surface area contributed by atoms with Gasteiger partial charge in [0.25, 0.3) is 10.6 Å². The first-order chi connectivity index (χ1) is 13.4. The van der Waals surface area contributed by atoms with Gasteiger partial charge in [-0.25, -0.2) is 9.38 Å². The molecule has 0 N–H and O–H groups in total. The molecule has 5 nitrogen and oxygen atoms in total. The van der Waals surface area contributed by atoms with E-state index in [4.69, 9.17) is 0 Å². The normalized spacial score (nSPS) is 13.8. The molecule has 0 spiro atoms. The van der Waals surface area contributed by atoms with Crippen LogP contribution in [-0.2, 0) is 21.1 Å². The van der Waals surface area contributed by atoms with E-state index in [2.05, 4.69) is 4.99 Å². The topological polar surface area (TPSA) is 43.2 Å². The van der Waals surface area contributed by atoms with Gasteiger partial charge in [-0.3, -0.25) is 4.79 Å². The zero-order valence-corrected chi connectivity index (χ0v) is 17.2. The van der Waals surface area contributed by atoms with Gasteiger partial charge in [-0.05, 0) is 24.3 Å². The molecule has 142 valence electrons. The fraction of sp³-hybridized carbons (Fsp3) is 0.150. The molecule has 1 aromatic carbocycles. The monoisotopic (exact) mass is 413 g/mol. The lowest BCUT2D eigenvalue weighted by Crippen LogP contribution is -2.31. The Bertz CT molecular complexity index is 1440. The van der Waals surface area contributed by atoms with Crippen LogP contribution in [0, 0.1) is 5.82 Å². The summed E-state index contributed by atoms with van der Waals surface area (Å²) in [6.07, 6.45) is 5.47. The summed E-state index contributed by atoms with van der Waals surface area (Å²) in [7, 11) is 5.55. The van der Waals surface area contributed by atoms with Gasteiger partial charge in [0.05, 0.1) is 12.3 Å². The van der Waals surface area contributed by atoms with Crippen LogP contribution < -0.4 is 24.8 Å². The summed E-state index contributed by atoms with van der Waals surface area (Å²) in [5.41, 5.74) is 1.51. The van der Waals surface area contributed by atoms with E-state index in [0.29, 0.717) is 4.53 Å². The molecule has 4 aromatic rings. The van der Waals surface area contributed by atoms with Gasteiger partial charge in [-0.1, -0.05) is 17.4 Å². The van der Waals surface area contributed by atoms with Gasteiger partial charge in [0.1, 0.15) is 32.2 Å². The summed E-state index contributed by atoms with van der Waals surface area (Å²) in [5.74, 6) is -0.261. The highest BCUT2D eigenvalue weighted by atomic mass is 32.1. The summed E-state index contributed by atoms with van der Waals surface area (Å²) in [6, 6.07) is 10.5. The maximum absolute atomic E-state index is 13.5. The molecule has 0 atom stereocenters. The van der Waals surface area contributed by atoms with E-state index in [1.165, 1.54) is 23.5 Å². The Hall–Kier alpha value is -2.84. The third kappa shape index (κ3) is 3.36. The maximum atomic E-state index is 13.5. The second kappa shape index (κ2) is 7.29. The number of rotatable bonds is 2. The fourth-order valence-electron chi connectivity index (χ4n) is 2.84. The summed E-state index contributed by atoms with van der Waals surface area (Å²) < 4.78 is 21.4. The van der Waals surface area contributed by atoms with Crippen LogP contribution in [0.15, 0.2) is 52.4 Å². The first-order valence-electron chi connectivity index (χ1n) is 8.55. The molecule has 8 heteroatoms. The van der Waals surface area contributed by atoms with Gasteiger partial charge < -0.3 is 9.13 Å². The molecule has 0 bridgehead atoms. The standard InChI is InChI=1S/C20H18FN4OS2/c1-23-9-5-4-6-17(23)22-12-16-20(26)25(3)19(28-16)11-18-24(2)14-10-13(21)7-8-15(14)27-18/h4-12H,1-3H3/q+1/b16-12-,22-17?. The molecule has 0 saturated heterocycles. The van der Waals surface area contributed by atoms with Crippen molar-refractivity contribution in [3.63, 3.8) is 0 Å². The Morgan fingerprint density at radius 1 is 1.18 bits per heavy atom. The Morgan fingerprint density at radius 2 is 2.00 bits per heavy atom. The average Bonchev–Trinajstić information content (AvgIpc) is 3.13. The number of hydrogen-bond donors (Lipinski definition) is 0. The fourth-order valence-corrected chi connectivity index (χ4v) is 4.93. The largest absolute Gasteiger partial charge is 0.336 e. The van der Waals surface area contributed by atoms with Gasteiger partial charge in [-0.2, -0.15) is 4.57 Å². The van der Waals surface area contributed by atoms with Crippen LogP contribution in [-0.4, -0.2) is 9.13 Å². The number of pyridine rings is 1. The molecular weight excluding hydrogens is 395 g/mol. The van der Waals surface area contributed by atoms with Gasteiger partial charge >= 0.3 is 0 Å². The van der Waals surface area contributed by atoms with Gasteiger partial charge in [0.15, 0.2) is 0 Å². The maximum Gasteiger partial charge on any atom is 0.270 e. The summed E-state index contributed by atoms with van der Waals surface area (Å²) in [6.45, 7) is 0. The van der Waals surface area contributed by atoms with Crippen molar-refractivity contribution in [2.75, 3.05) is 0 Å². The van der Waals surface area contributed by atoms with Crippen LogP contribution in [0.4, 0.5) is 4.39 Å². The van der Waals surface area contributed by atoms with Crippen LogP contribution in [0.1, 0.15) is 5.01 Å². The molecule has 3 heterocycles. The van der Waals surface area contributed by atoms with E-state index >= 15 is 0 Å². The molecule has 4 rings (SSSR count). The molecular formula is C20H18FN4OS2+. The second-order valence-electron chi connectivity index (χ2n) is 6.35. The predicted molar refractivity (Wildman–Crippen MR) is 111 cm³/mol. The SMILES string of the molecule is Cn1ccccc1=N/C=c1\s/c(=C\c2sc3ccc(F)cc3[n+]2C)n(C)c1=O. The average molecular weight is 414 g/mol. The van der Waals surface area contributed by atoms with Crippen LogP contribution in [0.3, 0.4) is 0 Å². The van der Waals surface area contributed by atoms with Gasteiger partial charge in [0, 0.05) is 26.4 Å². The molecule has 0 aliphatic heterocycles. The molecule has 0 aliphatic rings. The highest BCUT2D eigenvalue weighted by Crippen LogP contribution is 2.21. The number of thiazole rings is 2. The van der Waals surface area contributed by atoms with Gasteiger partial charge in [0.2, 0.25) is 5.52 Å². The zero-order valence-electron chi connectivity index (χ0n) is 15.6. The highest BCUT2D eigenvalue weighted by molar-refractivity contribution is 7.19. The second-order valence-corrected chi connectivity index (χ2v) is 8.48. The minimum absolute atomic E-state index is 0.0895. The number of hydrogen-bond acceptors (Lipinski definition) is 4. The first-order valence-corrected chi connectivity index (χ1v) is 10.2. The molecule has 28 heavy (non-hydrogen) atoms. The lowest BCUT2D eigenvalue weighted by Gasteiger charge is -1.95. The molecule has 0 amide bonds. The van der Waals surface area contributed by atoms with Crippen molar-refractivity contribution < 1.29 is 8.96 Å². The number of halogens is 1. The minimum Gasteiger partial charge on any atom is -0.336 e. The first kappa shape index (κ1) is 18.5. The van der Waals surface area contributed by atoms with Crippen molar-refractivity contribution in [1.82, 2.24) is 9.13 Å². The van der Waals surface area contributed by atoms with E-state index < -0.39 is 0 Å². The Morgan fingerprint density at radius 3 is 2.79 bits per heavy atom. The van der Waals surface area contributed by atoms with E-state index in [1.54, 1.807) is 35.2 Å². The third-order valence-electron chi connectivity index (χ3n) is 4.48. The van der Waals surface area contributed by atoms with Crippen molar-refractivity contribution in [2.24, 2.45) is 26.1 Å². The van der Waals surface area contributed by atoms with Crippen LogP contribution >= 0.6 is 22.7 Å². The molecule has 0 fully saturated rings. The Kier molecular flexibility index (Phi) is 4.82. The number of fused-ring (bicyclic) bond motifs is 1. The van der Waals surface area contributed by atoms with Crippen molar-refractivity contribution in [3.05, 3.63) is 78.5 Å². The van der Waals surface area contributed by atoms with Crippen molar-refractivity contribution in [3.8, 4) is 0 Å². The van der Waals surface area contributed by atoms with E-state index in [9.17, 15) is 9.18 Å². The lowest BCUT2D eigenvalue weighted by molar-refractivity contribution is -0.642. The smallest absolute Gasteiger partial charge is 0.270 e. The minimum atomic E-state index is -0.261. The lowest BCUT2D eigenvalue weighted by atomic mass is 10.3. The molecule has 3 aromatic heterocycles. The molecule has 0 aliphatic carbocycles. The molecule has 0 unspecified atom stereocenters. The predicted octanol–water partition coefficient (Wildman–Crippen LogP) is 1.13. The summed E-state index contributed by atoms with van der Waals surface area (Å²) in [4.78, 5) is 17.0. The number of nitrogens with zero attached hydrogens (tertiary/aromatic N) is 4. The van der Waals surface area contributed by atoms with Crippen LogP contribution in [0.25, 0.3) is 22.5 Å². The Labute approximate surface area is 167 Å².